The summed E-state index contributed by atoms with van der Waals surface area (Å²) in [6.07, 6.45) is 4.66. The highest BCUT2D eigenvalue weighted by molar-refractivity contribution is 6.35. The summed E-state index contributed by atoms with van der Waals surface area (Å²) in [6.45, 7) is 0.786. The third-order valence-corrected chi connectivity index (χ3v) is 3.85. The van der Waals surface area contributed by atoms with Crippen molar-refractivity contribution in [3.05, 3.63) is 28.2 Å². The van der Waals surface area contributed by atoms with Crippen LogP contribution in [0.4, 0.5) is 0 Å². The van der Waals surface area contributed by atoms with Crippen LogP contribution >= 0.6 is 23.2 Å². The Balaban J connectivity index is 1.93. The molecule has 0 amide bonds. The number of halogens is 2. The van der Waals surface area contributed by atoms with Crippen molar-refractivity contribution in [1.29, 1.82) is 0 Å². The quantitative estimate of drug-likeness (QED) is 0.907. The molecule has 1 aromatic carbocycles. The van der Waals surface area contributed by atoms with Gasteiger partial charge in [-0.1, -0.05) is 23.2 Å². The van der Waals surface area contributed by atoms with Crippen molar-refractivity contribution in [2.24, 2.45) is 11.7 Å². The lowest BCUT2D eigenvalue weighted by atomic mass is 9.87. The summed E-state index contributed by atoms with van der Waals surface area (Å²) in [5, 5.41) is 1.22. The van der Waals surface area contributed by atoms with Gasteiger partial charge in [-0.05, 0) is 56.3 Å². The summed E-state index contributed by atoms with van der Waals surface area (Å²) in [5.74, 6) is 1.39. The van der Waals surface area contributed by atoms with Gasteiger partial charge in [0.05, 0.1) is 11.1 Å². The highest BCUT2D eigenvalue weighted by Crippen LogP contribution is 2.32. The molecule has 0 radical (unpaired) electrons. The van der Waals surface area contributed by atoms with Gasteiger partial charge in [-0.2, -0.15) is 0 Å². The molecule has 0 saturated heterocycles. The molecular weight excluding hydrogens is 257 g/mol. The van der Waals surface area contributed by atoms with Crippen LogP contribution < -0.4 is 10.5 Å². The SMILES string of the molecule is NCC1CCC(Oc2ccc(Cl)cc2Cl)CC1. The number of nitrogens with two attached hydrogens (primary N) is 1. The van der Waals surface area contributed by atoms with Crippen molar-refractivity contribution >= 4 is 23.2 Å². The van der Waals surface area contributed by atoms with Crippen molar-refractivity contribution in [3.63, 3.8) is 0 Å². The average molecular weight is 274 g/mol. The van der Waals surface area contributed by atoms with E-state index >= 15 is 0 Å². The number of hydrogen-bond acceptors (Lipinski definition) is 2. The van der Waals surface area contributed by atoms with Gasteiger partial charge in [0.2, 0.25) is 0 Å². The van der Waals surface area contributed by atoms with Gasteiger partial charge < -0.3 is 10.5 Å². The Kier molecular flexibility index (Phi) is 4.55. The molecule has 0 unspecified atom stereocenters. The molecule has 2 rings (SSSR count). The minimum atomic E-state index is 0.261. The minimum absolute atomic E-state index is 0.261. The second kappa shape index (κ2) is 5.94. The van der Waals surface area contributed by atoms with Crippen molar-refractivity contribution in [2.45, 2.75) is 31.8 Å². The molecule has 94 valence electrons. The Labute approximate surface area is 112 Å². The molecule has 0 atom stereocenters. The van der Waals surface area contributed by atoms with E-state index in [0.717, 1.165) is 38.0 Å². The van der Waals surface area contributed by atoms with Gasteiger partial charge in [0.1, 0.15) is 5.75 Å². The summed E-state index contributed by atoms with van der Waals surface area (Å²) in [4.78, 5) is 0. The predicted molar refractivity (Wildman–Crippen MR) is 71.9 cm³/mol. The summed E-state index contributed by atoms with van der Waals surface area (Å²) in [5.41, 5.74) is 5.67. The van der Waals surface area contributed by atoms with Gasteiger partial charge >= 0.3 is 0 Å². The Bertz CT molecular complexity index is 376. The lowest BCUT2D eigenvalue weighted by Crippen LogP contribution is -2.27. The lowest BCUT2D eigenvalue weighted by molar-refractivity contribution is 0.133. The Morgan fingerprint density at radius 3 is 2.47 bits per heavy atom. The highest BCUT2D eigenvalue weighted by atomic mass is 35.5. The van der Waals surface area contributed by atoms with Crippen LogP contribution in [0.25, 0.3) is 0 Å². The molecule has 0 aliphatic heterocycles. The first-order valence-corrected chi connectivity index (χ1v) is 6.76. The Hall–Kier alpha value is -0.440. The summed E-state index contributed by atoms with van der Waals surface area (Å²) >= 11 is 11.9. The van der Waals surface area contributed by atoms with Crippen LogP contribution in [-0.4, -0.2) is 12.6 Å². The monoisotopic (exact) mass is 273 g/mol. The zero-order valence-electron chi connectivity index (χ0n) is 9.66. The summed E-state index contributed by atoms with van der Waals surface area (Å²) in [7, 11) is 0. The number of ether oxygens (including phenoxy) is 1. The molecule has 2 nitrogen and oxygen atoms in total. The maximum Gasteiger partial charge on any atom is 0.138 e. The van der Waals surface area contributed by atoms with Gasteiger partial charge in [-0.15, -0.1) is 0 Å². The smallest absolute Gasteiger partial charge is 0.138 e. The first-order chi connectivity index (χ1) is 8.19. The molecule has 17 heavy (non-hydrogen) atoms. The van der Waals surface area contributed by atoms with E-state index in [-0.39, 0.29) is 6.10 Å². The molecule has 0 aromatic heterocycles. The zero-order valence-corrected chi connectivity index (χ0v) is 11.2. The van der Waals surface area contributed by atoms with E-state index in [1.807, 2.05) is 6.07 Å². The maximum absolute atomic E-state index is 6.08. The third kappa shape index (κ3) is 3.51. The number of rotatable bonds is 3. The van der Waals surface area contributed by atoms with Gasteiger partial charge in [0.15, 0.2) is 0 Å². The highest BCUT2D eigenvalue weighted by Gasteiger charge is 2.21. The van der Waals surface area contributed by atoms with Crippen molar-refractivity contribution < 1.29 is 4.74 Å². The van der Waals surface area contributed by atoms with Crippen molar-refractivity contribution in [1.82, 2.24) is 0 Å². The lowest BCUT2D eigenvalue weighted by Gasteiger charge is -2.28. The zero-order chi connectivity index (χ0) is 12.3. The molecule has 1 aliphatic carbocycles. The van der Waals surface area contributed by atoms with E-state index in [0.29, 0.717) is 16.0 Å². The Morgan fingerprint density at radius 2 is 1.88 bits per heavy atom. The fourth-order valence-corrected chi connectivity index (χ4v) is 2.69. The van der Waals surface area contributed by atoms with Crippen molar-refractivity contribution in [2.75, 3.05) is 6.54 Å². The van der Waals surface area contributed by atoms with E-state index < -0.39 is 0 Å². The maximum atomic E-state index is 6.08. The molecule has 2 N–H and O–H groups in total. The van der Waals surface area contributed by atoms with Crippen LogP contribution in [0.2, 0.25) is 10.0 Å². The molecule has 1 saturated carbocycles. The fourth-order valence-electron chi connectivity index (χ4n) is 2.24. The second-order valence-electron chi connectivity index (χ2n) is 4.57. The van der Waals surface area contributed by atoms with E-state index in [9.17, 15) is 0 Å². The number of hydrogen-bond donors (Lipinski definition) is 1. The van der Waals surface area contributed by atoms with E-state index in [1.165, 1.54) is 0 Å². The molecule has 1 aliphatic rings. The van der Waals surface area contributed by atoms with Gasteiger partial charge in [-0.25, -0.2) is 0 Å². The number of benzene rings is 1. The van der Waals surface area contributed by atoms with E-state index in [4.69, 9.17) is 33.7 Å². The second-order valence-corrected chi connectivity index (χ2v) is 5.41. The predicted octanol–water partition coefficient (Wildman–Crippen LogP) is 3.89. The van der Waals surface area contributed by atoms with Crippen LogP contribution in [0, 0.1) is 5.92 Å². The summed E-state index contributed by atoms with van der Waals surface area (Å²) < 4.78 is 5.90. The molecule has 4 heteroatoms. The van der Waals surface area contributed by atoms with Crippen LogP contribution in [0.5, 0.6) is 5.75 Å². The summed E-state index contributed by atoms with van der Waals surface area (Å²) in [6, 6.07) is 5.35. The van der Waals surface area contributed by atoms with Crippen LogP contribution in [0.15, 0.2) is 18.2 Å². The first kappa shape index (κ1) is 13.0. The van der Waals surface area contributed by atoms with Crippen LogP contribution in [-0.2, 0) is 0 Å². The van der Waals surface area contributed by atoms with Crippen LogP contribution in [0.3, 0.4) is 0 Å². The topological polar surface area (TPSA) is 35.2 Å². The van der Waals surface area contributed by atoms with Gasteiger partial charge in [0, 0.05) is 5.02 Å². The molecular formula is C13H17Cl2NO. The Morgan fingerprint density at radius 1 is 1.18 bits per heavy atom. The largest absolute Gasteiger partial charge is 0.489 e. The molecule has 0 heterocycles. The van der Waals surface area contributed by atoms with Gasteiger partial charge in [-0.3, -0.25) is 0 Å². The fraction of sp³-hybridized carbons (Fsp3) is 0.538. The van der Waals surface area contributed by atoms with Crippen LogP contribution in [0.1, 0.15) is 25.7 Å². The average Bonchev–Trinajstić information content (AvgIpc) is 2.34. The third-order valence-electron chi connectivity index (χ3n) is 3.31. The van der Waals surface area contributed by atoms with E-state index in [2.05, 4.69) is 0 Å². The normalized spacial score (nSPS) is 24.6. The first-order valence-electron chi connectivity index (χ1n) is 6.01. The molecule has 0 spiro atoms. The van der Waals surface area contributed by atoms with E-state index in [1.54, 1.807) is 12.1 Å². The molecule has 0 bridgehead atoms. The van der Waals surface area contributed by atoms with Crippen molar-refractivity contribution in [3.8, 4) is 5.75 Å². The molecule has 1 aromatic rings. The molecule has 1 fully saturated rings. The minimum Gasteiger partial charge on any atom is -0.489 e. The standard InChI is InChI=1S/C13H17Cl2NO/c14-10-3-6-13(12(15)7-10)17-11-4-1-9(8-16)2-5-11/h3,6-7,9,11H,1-2,4-5,8,16H2. The van der Waals surface area contributed by atoms with Gasteiger partial charge in [0.25, 0.3) is 0 Å².